The Morgan fingerprint density at radius 1 is 1.04 bits per heavy atom. The van der Waals surface area contributed by atoms with Crippen molar-refractivity contribution in [1.29, 1.82) is 0 Å². The maximum atomic E-state index is 12.1. The van der Waals surface area contributed by atoms with Crippen LogP contribution in [0.5, 0.6) is 0 Å². The smallest absolute Gasteiger partial charge is 0.315 e. The molecule has 0 aliphatic carbocycles. The number of aliphatic hydroxyl groups is 1. The first-order chi connectivity index (χ1) is 23.2. The number of nitrogens with zero attached hydrogens (tertiary/aromatic N) is 4. The zero-order valence-corrected chi connectivity index (χ0v) is 28.5. The standard InChI is InChI=1S/C37H40Cl2N6O3/c1-25-24-48-17-16-43(25)21-32(46)22-45-35-14-15-44(37(40)47)23-33(35)36(42-45)30-10-13-34(39)29(18-30)9-6-26-2-4-27(5-3-26)19-41-20-28-7-11-31(38)12-8-28/h2-5,7-8,10-13,18,25,32,41,46H,14-17,19-24H2,1H3,(H2,40,47)/t25-,32-/m0/s1. The Morgan fingerprint density at radius 2 is 1.77 bits per heavy atom. The van der Waals surface area contributed by atoms with Gasteiger partial charge in [0.15, 0.2) is 0 Å². The molecule has 48 heavy (non-hydrogen) atoms. The van der Waals surface area contributed by atoms with E-state index < -0.39 is 12.1 Å². The van der Waals surface area contributed by atoms with Gasteiger partial charge in [0.05, 0.1) is 43.1 Å². The van der Waals surface area contributed by atoms with Crippen LogP contribution in [0.4, 0.5) is 4.79 Å². The summed E-state index contributed by atoms with van der Waals surface area (Å²) in [5, 5.41) is 20.8. The number of β-amino-alcohol motifs (C(OH)–C–C–N with tert-alkyl or cyclic N) is 1. The number of carbonyl (C=O) groups excluding carboxylic acids is 1. The molecule has 3 heterocycles. The van der Waals surface area contributed by atoms with E-state index in [1.807, 2.05) is 59.3 Å². The number of aliphatic hydroxyl groups excluding tert-OH is 1. The predicted octanol–water partition coefficient (Wildman–Crippen LogP) is 5.06. The summed E-state index contributed by atoms with van der Waals surface area (Å²) < 4.78 is 7.45. The topological polar surface area (TPSA) is 109 Å². The van der Waals surface area contributed by atoms with Crippen LogP contribution >= 0.6 is 23.2 Å². The van der Waals surface area contributed by atoms with Gasteiger partial charge in [-0.25, -0.2) is 4.79 Å². The molecule has 1 fully saturated rings. The third kappa shape index (κ3) is 8.39. The number of aromatic nitrogens is 2. The Bertz CT molecular complexity index is 1800. The number of morpholine rings is 1. The molecule has 2 aliphatic heterocycles. The molecule has 1 aromatic heterocycles. The molecule has 0 radical (unpaired) electrons. The summed E-state index contributed by atoms with van der Waals surface area (Å²) in [5.41, 5.74) is 13.1. The van der Waals surface area contributed by atoms with Gasteiger partial charge >= 0.3 is 6.03 Å². The number of carbonyl (C=O) groups is 1. The lowest BCUT2D eigenvalue weighted by Crippen LogP contribution is -2.47. The Balaban J connectivity index is 1.18. The van der Waals surface area contributed by atoms with E-state index in [-0.39, 0.29) is 6.04 Å². The number of rotatable bonds is 9. The summed E-state index contributed by atoms with van der Waals surface area (Å²) in [6, 6.07) is 21.4. The molecule has 4 N–H and O–H groups in total. The van der Waals surface area contributed by atoms with Gasteiger partial charge in [0.2, 0.25) is 0 Å². The molecular formula is C37H40Cl2N6O3. The van der Waals surface area contributed by atoms with Gasteiger partial charge in [-0.15, -0.1) is 0 Å². The molecule has 2 atom stereocenters. The van der Waals surface area contributed by atoms with E-state index in [0.717, 1.165) is 58.3 Å². The van der Waals surface area contributed by atoms with Gasteiger partial charge in [0.25, 0.3) is 0 Å². The molecule has 9 nitrogen and oxygen atoms in total. The third-order valence-electron chi connectivity index (χ3n) is 8.89. The van der Waals surface area contributed by atoms with Crippen molar-refractivity contribution in [1.82, 2.24) is 24.9 Å². The van der Waals surface area contributed by atoms with Crippen LogP contribution in [-0.2, 0) is 37.3 Å². The van der Waals surface area contributed by atoms with Gasteiger partial charge in [0.1, 0.15) is 0 Å². The number of nitrogens with one attached hydrogen (secondary N) is 1. The van der Waals surface area contributed by atoms with Gasteiger partial charge in [-0.3, -0.25) is 9.58 Å². The molecule has 0 unspecified atom stereocenters. The summed E-state index contributed by atoms with van der Waals surface area (Å²) in [5.74, 6) is 6.48. The molecule has 4 aromatic rings. The molecule has 1 saturated heterocycles. The van der Waals surface area contributed by atoms with E-state index in [2.05, 4.69) is 41.1 Å². The highest BCUT2D eigenvalue weighted by molar-refractivity contribution is 6.31. The average Bonchev–Trinajstić information content (AvgIpc) is 3.44. The highest BCUT2D eigenvalue weighted by Gasteiger charge is 2.29. The average molecular weight is 688 g/mol. The predicted molar refractivity (Wildman–Crippen MR) is 189 cm³/mol. The Morgan fingerprint density at radius 3 is 2.48 bits per heavy atom. The maximum absolute atomic E-state index is 12.1. The zero-order chi connectivity index (χ0) is 33.6. The second kappa shape index (κ2) is 15.6. The minimum absolute atomic E-state index is 0.244. The number of ether oxygens (including phenoxy) is 1. The van der Waals surface area contributed by atoms with Crippen LogP contribution < -0.4 is 11.1 Å². The van der Waals surface area contributed by atoms with Crippen molar-refractivity contribution in [2.45, 2.75) is 51.7 Å². The number of primary amides is 1. The number of hydrogen-bond acceptors (Lipinski definition) is 6. The van der Waals surface area contributed by atoms with Crippen molar-refractivity contribution in [3.8, 4) is 23.1 Å². The largest absolute Gasteiger partial charge is 0.390 e. The number of fused-ring (bicyclic) bond motifs is 1. The number of urea groups is 1. The van der Waals surface area contributed by atoms with E-state index >= 15 is 0 Å². The van der Waals surface area contributed by atoms with Gasteiger partial charge < -0.3 is 25.8 Å². The summed E-state index contributed by atoms with van der Waals surface area (Å²) in [6.07, 6.45) is -0.0207. The van der Waals surface area contributed by atoms with Crippen LogP contribution in [-0.4, -0.2) is 75.7 Å². The van der Waals surface area contributed by atoms with Crippen molar-refractivity contribution in [3.05, 3.63) is 110 Å². The normalized spacial score (nSPS) is 17.0. The van der Waals surface area contributed by atoms with Gasteiger partial charge in [-0.2, -0.15) is 5.10 Å². The first-order valence-electron chi connectivity index (χ1n) is 16.2. The minimum Gasteiger partial charge on any atom is -0.390 e. The molecule has 0 bridgehead atoms. The van der Waals surface area contributed by atoms with E-state index in [1.54, 1.807) is 4.90 Å². The molecule has 0 saturated carbocycles. The van der Waals surface area contributed by atoms with Crippen molar-refractivity contribution >= 4 is 29.2 Å². The second-order valence-electron chi connectivity index (χ2n) is 12.4. The molecule has 2 aliphatic rings. The van der Waals surface area contributed by atoms with Crippen molar-refractivity contribution in [3.63, 3.8) is 0 Å². The summed E-state index contributed by atoms with van der Waals surface area (Å²) in [7, 11) is 0. The fourth-order valence-electron chi connectivity index (χ4n) is 6.19. The quantitative estimate of drug-likeness (QED) is 0.212. The van der Waals surface area contributed by atoms with Crippen LogP contribution in [0.2, 0.25) is 10.0 Å². The number of amides is 2. The zero-order valence-electron chi connectivity index (χ0n) is 27.0. The lowest BCUT2D eigenvalue weighted by molar-refractivity contribution is -0.0227. The van der Waals surface area contributed by atoms with E-state index in [0.29, 0.717) is 56.4 Å². The maximum Gasteiger partial charge on any atom is 0.315 e. The second-order valence-corrected chi connectivity index (χ2v) is 13.3. The summed E-state index contributed by atoms with van der Waals surface area (Å²) in [6.45, 7) is 7.43. The van der Waals surface area contributed by atoms with E-state index in [4.69, 9.17) is 38.8 Å². The minimum atomic E-state index is -0.617. The van der Waals surface area contributed by atoms with Crippen LogP contribution in [0.25, 0.3) is 11.3 Å². The first kappa shape index (κ1) is 34.0. The van der Waals surface area contributed by atoms with Crippen molar-refractivity contribution in [2.75, 3.05) is 32.8 Å². The summed E-state index contributed by atoms with van der Waals surface area (Å²) in [4.78, 5) is 16.0. The molecule has 0 spiro atoms. The Labute approximate surface area is 291 Å². The van der Waals surface area contributed by atoms with Crippen LogP contribution in [0.1, 0.15) is 40.4 Å². The third-order valence-corrected chi connectivity index (χ3v) is 9.47. The first-order valence-corrected chi connectivity index (χ1v) is 17.0. The van der Waals surface area contributed by atoms with Gasteiger partial charge in [-0.1, -0.05) is 65.4 Å². The molecule has 11 heteroatoms. The fourth-order valence-corrected chi connectivity index (χ4v) is 6.48. The van der Waals surface area contributed by atoms with Crippen LogP contribution in [0.15, 0.2) is 66.7 Å². The molecular weight excluding hydrogens is 647 g/mol. The number of nitrogens with two attached hydrogens (primary N) is 1. The van der Waals surface area contributed by atoms with Crippen molar-refractivity contribution in [2.24, 2.45) is 5.73 Å². The van der Waals surface area contributed by atoms with Gasteiger partial charge in [-0.05, 0) is 54.4 Å². The Hall–Kier alpha value is -3.88. The van der Waals surface area contributed by atoms with Crippen LogP contribution in [0, 0.1) is 11.8 Å². The van der Waals surface area contributed by atoms with Gasteiger partial charge in [0, 0.05) is 78.2 Å². The number of hydrogen-bond donors (Lipinski definition) is 3. The SMILES string of the molecule is C[C@H]1COCCN1C[C@H](O)Cn1nc(-c2ccc(Cl)c(C#Cc3ccc(CNCc4ccc(Cl)cc4)cc3)c2)c2c1CCN(C(N)=O)C2. The number of benzene rings is 3. The highest BCUT2D eigenvalue weighted by Crippen LogP contribution is 2.32. The fraction of sp³-hybridized carbons (Fsp3) is 0.351. The summed E-state index contributed by atoms with van der Waals surface area (Å²) >= 11 is 12.6. The Kier molecular flexibility index (Phi) is 11.0. The van der Waals surface area contributed by atoms with Crippen molar-refractivity contribution < 1.29 is 14.6 Å². The molecule has 6 rings (SSSR count). The monoisotopic (exact) mass is 686 g/mol. The molecule has 250 valence electrons. The van der Waals surface area contributed by atoms with Crippen LogP contribution in [0.3, 0.4) is 0 Å². The van der Waals surface area contributed by atoms with E-state index in [9.17, 15) is 9.90 Å². The van der Waals surface area contributed by atoms with E-state index in [1.165, 1.54) is 5.56 Å². The lowest BCUT2D eigenvalue weighted by Gasteiger charge is -2.34. The lowest BCUT2D eigenvalue weighted by atomic mass is 9.99. The number of halogens is 2. The highest BCUT2D eigenvalue weighted by atomic mass is 35.5. The molecule has 3 aromatic carbocycles. The molecule has 2 amide bonds.